The van der Waals surface area contributed by atoms with E-state index in [4.69, 9.17) is 0 Å². The van der Waals surface area contributed by atoms with Crippen LogP contribution in [0.1, 0.15) is 23.4 Å². The molecule has 0 spiro atoms. The zero-order chi connectivity index (χ0) is 19.6. The Hall–Kier alpha value is -2.45. The van der Waals surface area contributed by atoms with E-state index in [0.29, 0.717) is 10.6 Å². The van der Waals surface area contributed by atoms with Gasteiger partial charge in [-0.3, -0.25) is 4.68 Å². The second-order valence-electron chi connectivity index (χ2n) is 6.69. The predicted octanol–water partition coefficient (Wildman–Crippen LogP) is 3.25. The number of anilines is 1. The van der Waals surface area contributed by atoms with Gasteiger partial charge in [0.05, 0.1) is 24.8 Å². The number of nitrogens with zero attached hydrogens (tertiary/aromatic N) is 5. The molecule has 1 unspecified atom stereocenters. The molecule has 0 saturated heterocycles. The Balaban J connectivity index is 1.71. The van der Waals surface area contributed by atoms with Crippen molar-refractivity contribution in [2.75, 3.05) is 11.4 Å². The smallest absolute Gasteiger partial charge is 0.337 e. The van der Waals surface area contributed by atoms with Gasteiger partial charge in [0.25, 0.3) is 0 Å². The van der Waals surface area contributed by atoms with Gasteiger partial charge in [0, 0.05) is 26.0 Å². The second kappa shape index (κ2) is 7.66. The number of benzene rings is 1. The molecular formula is C19H26N5O2S+. The van der Waals surface area contributed by atoms with Crippen molar-refractivity contribution in [1.29, 1.82) is 0 Å². The number of hydrogen-bond donors (Lipinski definition) is 1. The molecule has 0 aliphatic carbocycles. The fourth-order valence-corrected chi connectivity index (χ4v) is 4.54. The lowest BCUT2D eigenvalue weighted by Gasteiger charge is -2.17. The van der Waals surface area contributed by atoms with Crippen LogP contribution in [0, 0.1) is 13.8 Å². The average Bonchev–Trinajstić information content (AvgIpc) is 3.23. The third-order valence-corrected chi connectivity index (χ3v) is 6.64. The molecule has 2 aromatic heterocycles. The molecule has 3 rings (SSSR count). The molecule has 144 valence electrons. The summed E-state index contributed by atoms with van der Waals surface area (Å²) in [5.41, 5.74) is 3.42. The lowest BCUT2D eigenvalue weighted by Crippen LogP contribution is -2.33. The Labute approximate surface area is 161 Å². The van der Waals surface area contributed by atoms with E-state index in [-0.39, 0.29) is 0 Å². The van der Waals surface area contributed by atoms with Gasteiger partial charge in [-0.05, 0) is 48.6 Å². The molecule has 0 saturated carbocycles. The first-order valence-corrected chi connectivity index (χ1v) is 10.3. The summed E-state index contributed by atoms with van der Waals surface area (Å²) in [6.07, 6.45) is 7.42. The second-order valence-corrected chi connectivity index (χ2v) is 8.70. The minimum Gasteiger partial charge on any atom is -0.337 e. The summed E-state index contributed by atoms with van der Waals surface area (Å²) in [5.74, 6) is 0. The van der Waals surface area contributed by atoms with Crippen LogP contribution in [0.2, 0.25) is 0 Å². The van der Waals surface area contributed by atoms with Crippen molar-refractivity contribution in [3.05, 3.63) is 59.9 Å². The molecule has 0 bridgehead atoms. The molecule has 1 aromatic carbocycles. The zero-order valence-electron chi connectivity index (χ0n) is 16.2. The summed E-state index contributed by atoms with van der Waals surface area (Å²) < 4.78 is 29.1. The maximum absolute atomic E-state index is 13.1. The molecule has 3 aromatic rings. The van der Waals surface area contributed by atoms with Crippen molar-refractivity contribution in [3.8, 4) is 0 Å². The van der Waals surface area contributed by atoms with Crippen LogP contribution in [0.4, 0.5) is 5.69 Å². The number of imidazole rings is 1. The van der Waals surface area contributed by atoms with Crippen molar-refractivity contribution in [2.24, 2.45) is 7.05 Å². The van der Waals surface area contributed by atoms with Crippen molar-refractivity contribution in [2.45, 2.75) is 38.1 Å². The van der Waals surface area contributed by atoms with Crippen LogP contribution in [0.25, 0.3) is 0 Å². The van der Waals surface area contributed by atoms with Gasteiger partial charge in [-0.1, -0.05) is 12.1 Å². The van der Waals surface area contributed by atoms with E-state index in [1.807, 2.05) is 50.1 Å². The van der Waals surface area contributed by atoms with E-state index < -0.39 is 10.4 Å². The number of hydrogen-bond acceptors (Lipinski definition) is 3. The van der Waals surface area contributed by atoms with Crippen LogP contribution in [-0.2, 0) is 34.6 Å². The highest BCUT2D eigenvalue weighted by atomic mass is 32.3. The molecule has 0 aliphatic heterocycles. The average molecular weight is 389 g/mol. The first-order chi connectivity index (χ1) is 12.8. The highest BCUT2D eigenvalue weighted by Gasteiger charge is 2.38. The van der Waals surface area contributed by atoms with E-state index >= 15 is 0 Å². The van der Waals surface area contributed by atoms with E-state index in [1.165, 1.54) is 4.31 Å². The summed E-state index contributed by atoms with van der Waals surface area (Å²) in [6, 6.07) is 7.34. The standard InChI is InChI=1S/C19H25N5O2S/c1-15-19(16(2)22(3)21-15)23(4)27(25,26)18-9-7-17(8-10-18)6-5-12-24-13-11-20-14-24/h7-11,13-14H,5-6,12H2,1-4H3/p+1. The summed E-state index contributed by atoms with van der Waals surface area (Å²) in [5, 5.41) is 4.34. The monoisotopic (exact) mass is 388 g/mol. The molecule has 0 aliphatic rings. The third-order valence-electron chi connectivity index (χ3n) is 4.83. The zero-order valence-corrected chi connectivity index (χ0v) is 17.0. The van der Waals surface area contributed by atoms with Crippen LogP contribution in [0.3, 0.4) is 0 Å². The van der Waals surface area contributed by atoms with Crippen LogP contribution in [0.15, 0.2) is 47.9 Å². The first kappa shape index (κ1) is 19.3. The number of rotatable bonds is 7. The van der Waals surface area contributed by atoms with Crippen LogP contribution in [0.5, 0.6) is 0 Å². The van der Waals surface area contributed by atoms with Crippen molar-refractivity contribution < 1.29 is 8.76 Å². The van der Waals surface area contributed by atoms with Crippen LogP contribution >= 0.6 is 0 Å². The minimum absolute atomic E-state index is 0.394. The predicted molar refractivity (Wildman–Crippen MR) is 107 cm³/mol. The van der Waals surface area contributed by atoms with Gasteiger partial charge in [0.15, 0.2) is 0 Å². The topological polar surface area (TPSA) is 76.2 Å². The Morgan fingerprint density at radius 2 is 1.93 bits per heavy atom. The fraction of sp³-hybridized carbons (Fsp3) is 0.368. The SMILES string of the molecule is Cc1nn(C)c(C)c1N(C)[S+](=O)(O)c1ccc(CCCn2ccnc2)cc1. The molecule has 2 heterocycles. The molecule has 1 N–H and O–H groups in total. The van der Waals surface area contributed by atoms with Gasteiger partial charge in [0.2, 0.25) is 4.90 Å². The Morgan fingerprint density at radius 1 is 1.22 bits per heavy atom. The summed E-state index contributed by atoms with van der Waals surface area (Å²) in [7, 11) is 0.0893. The molecule has 0 amide bonds. The van der Waals surface area contributed by atoms with E-state index in [0.717, 1.165) is 36.3 Å². The normalized spacial score (nSPS) is 13.5. The van der Waals surface area contributed by atoms with Gasteiger partial charge < -0.3 is 4.57 Å². The van der Waals surface area contributed by atoms with Crippen LogP contribution in [-0.4, -0.2) is 30.9 Å². The lowest BCUT2D eigenvalue weighted by atomic mass is 10.1. The summed E-state index contributed by atoms with van der Waals surface area (Å²) in [4.78, 5) is 4.43. The van der Waals surface area contributed by atoms with Gasteiger partial charge in [-0.25, -0.2) is 4.98 Å². The largest absolute Gasteiger partial charge is 0.348 e. The fourth-order valence-electron chi connectivity index (χ4n) is 3.22. The summed E-state index contributed by atoms with van der Waals surface area (Å²) >= 11 is 0. The Bertz CT molecular complexity index is 947. The Kier molecular flexibility index (Phi) is 5.48. The van der Waals surface area contributed by atoms with Gasteiger partial charge in [-0.2, -0.15) is 14.0 Å². The lowest BCUT2D eigenvalue weighted by molar-refractivity contribution is 0.495. The third kappa shape index (κ3) is 3.96. The van der Waals surface area contributed by atoms with Gasteiger partial charge in [-0.15, -0.1) is 0 Å². The number of aryl methyl sites for hydroxylation is 4. The molecule has 7 nitrogen and oxygen atoms in total. The highest BCUT2D eigenvalue weighted by Crippen LogP contribution is 2.31. The molecule has 1 atom stereocenters. The van der Waals surface area contributed by atoms with E-state index in [1.54, 1.807) is 30.1 Å². The van der Waals surface area contributed by atoms with Gasteiger partial charge >= 0.3 is 10.4 Å². The quantitative estimate of drug-likeness (QED) is 0.631. The Morgan fingerprint density at radius 3 is 2.48 bits per heavy atom. The van der Waals surface area contributed by atoms with Crippen LogP contribution < -0.4 is 4.31 Å². The molecule has 8 heteroatoms. The van der Waals surface area contributed by atoms with E-state index in [2.05, 4.69) is 10.1 Å². The summed E-state index contributed by atoms with van der Waals surface area (Å²) in [6.45, 7) is 4.64. The highest BCUT2D eigenvalue weighted by molar-refractivity contribution is 7.99. The van der Waals surface area contributed by atoms with Gasteiger partial charge in [0.1, 0.15) is 5.69 Å². The minimum atomic E-state index is -3.38. The van der Waals surface area contributed by atoms with Crippen molar-refractivity contribution in [3.63, 3.8) is 0 Å². The maximum Gasteiger partial charge on any atom is 0.348 e. The first-order valence-electron chi connectivity index (χ1n) is 8.86. The van der Waals surface area contributed by atoms with Crippen molar-refractivity contribution in [1.82, 2.24) is 19.3 Å². The molecule has 0 radical (unpaired) electrons. The maximum atomic E-state index is 13.1. The number of aromatic nitrogens is 4. The van der Waals surface area contributed by atoms with Crippen molar-refractivity contribution >= 4 is 16.1 Å². The molecule has 0 fully saturated rings. The molecular weight excluding hydrogens is 362 g/mol. The molecule has 27 heavy (non-hydrogen) atoms. The van der Waals surface area contributed by atoms with E-state index in [9.17, 15) is 8.76 Å².